The van der Waals surface area contributed by atoms with Gasteiger partial charge in [0.1, 0.15) is 0 Å². The van der Waals surface area contributed by atoms with Crippen LogP contribution in [0.3, 0.4) is 0 Å². The van der Waals surface area contributed by atoms with Crippen LogP contribution in [0, 0.1) is 0 Å². The van der Waals surface area contributed by atoms with Gasteiger partial charge < -0.3 is 5.32 Å². The molecule has 0 spiro atoms. The summed E-state index contributed by atoms with van der Waals surface area (Å²) in [7, 11) is -3.20. The molecule has 1 aliphatic heterocycles. The van der Waals surface area contributed by atoms with Crippen molar-refractivity contribution in [3.63, 3.8) is 0 Å². The largest absolute Gasteiger partial charge is 0.354 e. The van der Waals surface area contributed by atoms with Gasteiger partial charge >= 0.3 is 0 Å². The molecule has 21 heavy (non-hydrogen) atoms. The van der Waals surface area contributed by atoms with Crippen LogP contribution in [0.25, 0.3) is 0 Å². The van der Waals surface area contributed by atoms with Crippen LogP contribution in [0.1, 0.15) is 18.4 Å². The molecule has 1 amide bonds. The first kappa shape index (κ1) is 16.3. The molecule has 1 atom stereocenters. The molecule has 0 aliphatic carbocycles. The predicted octanol–water partition coefficient (Wildman–Crippen LogP) is 1.42. The average Bonchev–Trinajstić information content (AvgIpc) is 2.87. The van der Waals surface area contributed by atoms with Gasteiger partial charge in [-0.1, -0.05) is 23.7 Å². The number of rotatable bonds is 5. The molecule has 0 bridgehead atoms. The van der Waals surface area contributed by atoms with Gasteiger partial charge in [-0.25, -0.2) is 8.42 Å². The first-order valence-corrected chi connectivity index (χ1v) is 9.07. The normalized spacial score (nSPS) is 19.6. The van der Waals surface area contributed by atoms with Crippen LogP contribution in [0.5, 0.6) is 0 Å². The molecule has 116 valence electrons. The van der Waals surface area contributed by atoms with Crippen LogP contribution in [0.15, 0.2) is 24.3 Å². The Balaban J connectivity index is 1.85. The highest BCUT2D eigenvalue weighted by Gasteiger charge is 2.31. The molecule has 1 saturated heterocycles. The van der Waals surface area contributed by atoms with Crippen LogP contribution in [-0.2, 0) is 21.2 Å². The summed E-state index contributed by atoms with van der Waals surface area (Å²) in [5.74, 6) is -0.113. The van der Waals surface area contributed by atoms with Crippen molar-refractivity contribution in [1.82, 2.24) is 9.62 Å². The third-order valence-electron chi connectivity index (χ3n) is 3.56. The van der Waals surface area contributed by atoms with Crippen LogP contribution < -0.4 is 5.32 Å². The predicted molar refractivity (Wildman–Crippen MR) is 82.7 cm³/mol. The Morgan fingerprint density at radius 2 is 2.05 bits per heavy atom. The van der Waals surface area contributed by atoms with E-state index in [-0.39, 0.29) is 18.4 Å². The molecule has 1 fully saturated rings. The van der Waals surface area contributed by atoms with Crippen molar-refractivity contribution in [2.24, 2.45) is 0 Å². The first-order chi connectivity index (χ1) is 9.86. The van der Waals surface area contributed by atoms with Gasteiger partial charge in [-0.15, -0.1) is 0 Å². The smallest absolute Gasteiger partial charge is 0.224 e. The molecule has 5 nitrogen and oxygen atoms in total. The second-order valence-corrected chi connectivity index (χ2v) is 7.65. The van der Waals surface area contributed by atoms with Crippen molar-refractivity contribution in [3.05, 3.63) is 34.9 Å². The quantitative estimate of drug-likeness (QED) is 0.888. The van der Waals surface area contributed by atoms with Gasteiger partial charge in [-0.05, 0) is 30.5 Å². The molecule has 1 heterocycles. The van der Waals surface area contributed by atoms with E-state index in [4.69, 9.17) is 11.6 Å². The Morgan fingerprint density at radius 1 is 1.38 bits per heavy atom. The van der Waals surface area contributed by atoms with Crippen LogP contribution in [0.2, 0.25) is 5.02 Å². The van der Waals surface area contributed by atoms with E-state index < -0.39 is 10.0 Å². The van der Waals surface area contributed by atoms with E-state index in [9.17, 15) is 13.2 Å². The summed E-state index contributed by atoms with van der Waals surface area (Å²) in [6, 6.07) is 6.97. The monoisotopic (exact) mass is 330 g/mol. The molecule has 1 aromatic carbocycles. The van der Waals surface area contributed by atoms with E-state index in [1.807, 2.05) is 0 Å². The molecule has 1 aliphatic rings. The summed E-state index contributed by atoms with van der Waals surface area (Å²) in [6.45, 7) is 0.899. The van der Waals surface area contributed by atoms with E-state index in [1.54, 1.807) is 24.3 Å². The highest BCUT2D eigenvalue weighted by Crippen LogP contribution is 2.19. The molecule has 2 rings (SSSR count). The average molecular weight is 331 g/mol. The number of amides is 1. The highest BCUT2D eigenvalue weighted by molar-refractivity contribution is 7.88. The van der Waals surface area contributed by atoms with E-state index in [0.717, 1.165) is 18.4 Å². The Labute approximate surface area is 130 Å². The second-order valence-electron chi connectivity index (χ2n) is 5.28. The van der Waals surface area contributed by atoms with Gasteiger partial charge in [-0.3, -0.25) is 4.79 Å². The molecule has 0 aromatic heterocycles. The minimum Gasteiger partial charge on any atom is -0.354 e. The maximum absolute atomic E-state index is 11.9. The molecule has 7 heteroatoms. The third kappa shape index (κ3) is 4.69. The molecule has 1 N–H and O–H groups in total. The van der Waals surface area contributed by atoms with Crippen LogP contribution >= 0.6 is 11.6 Å². The molecule has 0 saturated carbocycles. The fraction of sp³-hybridized carbons (Fsp3) is 0.500. The second kappa shape index (κ2) is 6.77. The fourth-order valence-electron chi connectivity index (χ4n) is 2.53. The lowest BCUT2D eigenvalue weighted by Gasteiger charge is -2.22. The Hall–Kier alpha value is -1.11. The first-order valence-electron chi connectivity index (χ1n) is 6.84. The molecular formula is C14H19ClN2O3S. The van der Waals surface area contributed by atoms with Gasteiger partial charge in [0.2, 0.25) is 15.9 Å². The van der Waals surface area contributed by atoms with Gasteiger partial charge in [-0.2, -0.15) is 4.31 Å². The third-order valence-corrected chi connectivity index (χ3v) is 5.15. The van der Waals surface area contributed by atoms with E-state index in [2.05, 4.69) is 5.32 Å². The summed E-state index contributed by atoms with van der Waals surface area (Å²) >= 11 is 5.79. The van der Waals surface area contributed by atoms with Crippen molar-refractivity contribution < 1.29 is 13.2 Å². The Bertz CT molecular complexity index is 601. The fourth-order valence-corrected chi connectivity index (χ4v) is 3.84. The number of nitrogens with one attached hydrogen (secondary N) is 1. The maximum atomic E-state index is 11.9. The van der Waals surface area contributed by atoms with Crippen molar-refractivity contribution in [3.8, 4) is 0 Å². The zero-order valence-electron chi connectivity index (χ0n) is 11.9. The topological polar surface area (TPSA) is 66.5 Å². The molecular weight excluding hydrogens is 312 g/mol. The van der Waals surface area contributed by atoms with E-state index >= 15 is 0 Å². The SMILES string of the molecule is CS(=O)(=O)N1CCCC1CNC(=O)Cc1ccc(Cl)cc1. The maximum Gasteiger partial charge on any atom is 0.224 e. The highest BCUT2D eigenvalue weighted by atomic mass is 35.5. The summed E-state index contributed by atoms with van der Waals surface area (Å²) in [5.41, 5.74) is 0.878. The van der Waals surface area contributed by atoms with Crippen LogP contribution in [0.4, 0.5) is 0 Å². The molecule has 0 radical (unpaired) electrons. The lowest BCUT2D eigenvalue weighted by atomic mass is 10.1. The lowest BCUT2D eigenvalue weighted by Crippen LogP contribution is -2.43. The number of benzene rings is 1. The number of sulfonamides is 1. The summed E-state index contributed by atoms with van der Waals surface area (Å²) in [5, 5.41) is 3.44. The minimum absolute atomic E-state index is 0.113. The van der Waals surface area contributed by atoms with E-state index in [0.29, 0.717) is 18.1 Å². The standard InChI is InChI=1S/C14H19ClN2O3S/c1-21(19,20)17-8-2-3-13(17)10-16-14(18)9-11-4-6-12(15)7-5-11/h4-7,13H,2-3,8-10H2,1H3,(H,16,18). The summed E-state index contributed by atoms with van der Waals surface area (Å²) in [4.78, 5) is 11.9. The van der Waals surface area contributed by atoms with Crippen molar-refractivity contribution in [1.29, 1.82) is 0 Å². The summed E-state index contributed by atoms with van der Waals surface area (Å²) < 4.78 is 24.7. The zero-order valence-corrected chi connectivity index (χ0v) is 13.5. The number of nitrogens with zero attached hydrogens (tertiary/aromatic N) is 1. The Kier molecular flexibility index (Phi) is 5.24. The summed E-state index contributed by atoms with van der Waals surface area (Å²) in [6.07, 6.45) is 3.10. The van der Waals surface area contributed by atoms with Crippen molar-refractivity contribution >= 4 is 27.5 Å². The van der Waals surface area contributed by atoms with Gasteiger partial charge in [0.05, 0.1) is 12.7 Å². The van der Waals surface area contributed by atoms with Gasteiger partial charge in [0, 0.05) is 24.2 Å². The van der Waals surface area contributed by atoms with Crippen LogP contribution in [-0.4, -0.2) is 44.0 Å². The van der Waals surface area contributed by atoms with Gasteiger partial charge in [0.25, 0.3) is 0 Å². The number of halogens is 1. The Morgan fingerprint density at radius 3 is 2.67 bits per heavy atom. The van der Waals surface area contributed by atoms with E-state index in [1.165, 1.54) is 10.6 Å². The van der Waals surface area contributed by atoms with Crippen molar-refractivity contribution in [2.45, 2.75) is 25.3 Å². The van der Waals surface area contributed by atoms with Gasteiger partial charge in [0.15, 0.2) is 0 Å². The zero-order chi connectivity index (χ0) is 15.5. The number of hydrogen-bond acceptors (Lipinski definition) is 3. The number of carbonyl (C=O) groups is 1. The number of hydrogen-bond donors (Lipinski definition) is 1. The lowest BCUT2D eigenvalue weighted by molar-refractivity contribution is -0.120. The van der Waals surface area contributed by atoms with Crippen molar-refractivity contribution in [2.75, 3.05) is 19.3 Å². The molecule has 1 unspecified atom stereocenters. The number of carbonyl (C=O) groups excluding carboxylic acids is 1. The molecule has 1 aromatic rings. The minimum atomic E-state index is -3.20.